The first-order valence-electron chi connectivity index (χ1n) is 22.3. The number of rotatable bonds is 23. The molecule has 0 bridgehead atoms. The number of methoxy groups -OCH3 is 1. The Hall–Kier alpha value is -5.66. The molecule has 8 rings (SSSR count). The van der Waals surface area contributed by atoms with Crippen molar-refractivity contribution in [2.24, 2.45) is 0 Å². The summed E-state index contributed by atoms with van der Waals surface area (Å²) in [5.74, 6) is 0.761. The lowest BCUT2D eigenvalue weighted by molar-refractivity contribution is -0.347. The molecule has 0 saturated carbocycles. The number of hydrogen-bond acceptors (Lipinski definition) is 10. The highest BCUT2D eigenvalue weighted by Gasteiger charge is 2.51. The van der Waals surface area contributed by atoms with Crippen molar-refractivity contribution in [3.63, 3.8) is 0 Å². The lowest BCUT2D eigenvalue weighted by Crippen LogP contribution is -2.63. The molecular formula is C55H58O10. The zero-order valence-corrected chi connectivity index (χ0v) is 36.8. The first-order chi connectivity index (χ1) is 32.2. The van der Waals surface area contributed by atoms with Crippen molar-refractivity contribution in [2.45, 2.75) is 88.7 Å². The molecule has 8 atom stereocenters. The summed E-state index contributed by atoms with van der Waals surface area (Å²) in [4.78, 5) is 0. The van der Waals surface area contributed by atoms with Crippen LogP contribution in [-0.2, 0) is 82.3 Å². The molecule has 2 aliphatic rings. The Balaban J connectivity index is 1.13. The first-order valence-corrected chi connectivity index (χ1v) is 22.3. The van der Waals surface area contributed by atoms with Gasteiger partial charge < -0.3 is 47.4 Å². The summed E-state index contributed by atoms with van der Waals surface area (Å²) in [7, 11) is 1.65. The highest BCUT2D eigenvalue weighted by atomic mass is 16.7. The van der Waals surface area contributed by atoms with E-state index >= 15 is 0 Å². The van der Waals surface area contributed by atoms with Crippen LogP contribution in [0.3, 0.4) is 0 Å². The van der Waals surface area contributed by atoms with Crippen LogP contribution in [0.5, 0.6) is 5.75 Å². The van der Waals surface area contributed by atoms with Crippen molar-refractivity contribution in [3.8, 4) is 5.75 Å². The van der Waals surface area contributed by atoms with Gasteiger partial charge in [0.05, 0.1) is 66.2 Å². The van der Waals surface area contributed by atoms with E-state index in [1.54, 1.807) is 13.4 Å². The quantitative estimate of drug-likeness (QED) is 0.0620. The van der Waals surface area contributed by atoms with Crippen molar-refractivity contribution in [1.29, 1.82) is 0 Å². The minimum absolute atomic E-state index is 0.178. The van der Waals surface area contributed by atoms with Crippen molar-refractivity contribution in [1.82, 2.24) is 0 Å². The Morgan fingerprint density at radius 3 is 1.31 bits per heavy atom. The van der Waals surface area contributed by atoms with Gasteiger partial charge in [-0.15, -0.1) is 0 Å². The molecule has 10 nitrogen and oxygen atoms in total. The van der Waals surface area contributed by atoms with Crippen LogP contribution in [0.1, 0.15) is 33.4 Å². The Labute approximate surface area is 382 Å². The zero-order chi connectivity index (χ0) is 44.3. The SMILES string of the molecule is COc1ccc(COC2C(COCc3ccccc3)OC(OC3C(OCc4ccccc4)C=COC3COCc3ccccc3)C(OCc3ccccc3)C2OCc2ccccc2)cc1. The molecule has 10 heteroatoms. The second kappa shape index (κ2) is 24.6. The van der Waals surface area contributed by atoms with Crippen LogP contribution in [0.15, 0.2) is 188 Å². The minimum atomic E-state index is -0.995. The normalized spacial score (nSPS) is 22.8. The van der Waals surface area contributed by atoms with Crippen LogP contribution in [0.4, 0.5) is 0 Å². The Morgan fingerprint density at radius 1 is 0.400 bits per heavy atom. The summed E-state index contributed by atoms with van der Waals surface area (Å²) in [5.41, 5.74) is 6.06. The lowest BCUT2D eigenvalue weighted by Gasteiger charge is -2.47. The highest BCUT2D eigenvalue weighted by molar-refractivity contribution is 5.27. The predicted octanol–water partition coefficient (Wildman–Crippen LogP) is 9.79. The number of ether oxygens (including phenoxy) is 10. The molecule has 8 unspecified atom stereocenters. The van der Waals surface area contributed by atoms with Gasteiger partial charge >= 0.3 is 0 Å². The molecule has 0 aromatic heterocycles. The van der Waals surface area contributed by atoms with Gasteiger partial charge in [0.15, 0.2) is 12.4 Å². The average molecular weight is 879 g/mol. The number of benzene rings is 6. The monoisotopic (exact) mass is 878 g/mol. The minimum Gasteiger partial charge on any atom is -0.497 e. The largest absolute Gasteiger partial charge is 0.497 e. The Morgan fingerprint density at radius 2 is 0.815 bits per heavy atom. The smallest absolute Gasteiger partial charge is 0.187 e. The maximum Gasteiger partial charge on any atom is 0.187 e. The highest BCUT2D eigenvalue weighted by Crippen LogP contribution is 2.34. The van der Waals surface area contributed by atoms with Gasteiger partial charge in [-0.2, -0.15) is 0 Å². The van der Waals surface area contributed by atoms with Gasteiger partial charge in [-0.05, 0) is 51.6 Å². The average Bonchev–Trinajstić information content (AvgIpc) is 3.36. The van der Waals surface area contributed by atoms with Crippen molar-refractivity contribution < 1.29 is 47.4 Å². The van der Waals surface area contributed by atoms with Crippen LogP contribution in [0, 0.1) is 0 Å². The van der Waals surface area contributed by atoms with Gasteiger partial charge in [0.1, 0.15) is 42.4 Å². The van der Waals surface area contributed by atoms with Crippen LogP contribution in [0.25, 0.3) is 0 Å². The third kappa shape index (κ3) is 13.7. The molecule has 6 aromatic carbocycles. The second-order valence-electron chi connectivity index (χ2n) is 16.1. The fourth-order valence-electron chi connectivity index (χ4n) is 7.86. The molecule has 338 valence electrons. The van der Waals surface area contributed by atoms with E-state index in [-0.39, 0.29) is 33.0 Å². The summed E-state index contributed by atoms with van der Waals surface area (Å²) >= 11 is 0. The van der Waals surface area contributed by atoms with Crippen molar-refractivity contribution in [3.05, 3.63) is 222 Å². The van der Waals surface area contributed by atoms with Gasteiger partial charge in [0.25, 0.3) is 0 Å². The molecule has 2 heterocycles. The van der Waals surface area contributed by atoms with E-state index in [0.29, 0.717) is 19.8 Å². The van der Waals surface area contributed by atoms with E-state index in [1.165, 1.54) is 0 Å². The van der Waals surface area contributed by atoms with E-state index in [9.17, 15) is 0 Å². The van der Waals surface area contributed by atoms with Gasteiger partial charge in [0, 0.05) is 0 Å². The summed E-state index contributed by atoms with van der Waals surface area (Å²) in [6.45, 7) is 2.35. The van der Waals surface area contributed by atoms with Gasteiger partial charge in [-0.1, -0.05) is 164 Å². The van der Waals surface area contributed by atoms with Crippen LogP contribution in [0.2, 0.25) is 0 Å². The van der Waals surface area contributed by atoms with Crippen LogP contribution in [-0.4, -0.2) is 69.3 Å². The lowest BCUT2D eigenvalue weighted by atomic mass is 9.97. The second-order valence-corrected chi connectivity index (χ2v) is 16.1. The molecule has 0 spiro atoms. The van der Waals surface area contributed by atoms with E-state index in [2.05, 4.69) is 0 Å². The van der Waals surface area contributed by atoms with E-state index in [0.717, 1.165) is 39.1 Å². The van der Waals surface area contributed by atoms with E-state index in [1.807, 2.05) is 182 Å². The molecule has 0 radical (unpaired) electrons. The molecule has 65 heavy (non-hydrogen) atoms. The third-order valence-corrected chi connectivity index (χ3v) is 11.3. The Kier molecular flexibility index (Phi) is 17.4. The standard InChI is InChI=1S/C55H58O10/c1-56-47-29-27-46(28-30-47)38-61-52-50(40-58-34-42-19-9-3-10-20-42)64-55(54(63-37-45-25-15-6-16-26-45)53(52)62-36-44-23-13-5-14-24-44)65-51-48(60-35-43-21-11-4-12-22-43)31-32-59-49(51)39-57-33-41-17-7-2-8-18-41/h2-32,48-55H,33-40H2,1H3. The molecule has 2 aliphatic heterocycles. The van der Waals surface area contributed by atoms with E-state index < -0.39 is 49.0 Å². The van der Waals surface area contributed by atoms with E-state index in [4.69, 9.17) is 47.4 Å². The summed E-state index contributed by atoms with van der Waals surface area (Å²) < 4.78 is 66.4. The number of hydrogen-bond donors (Lipinski definition) is 0. The molecule has 1 fully saturated rings. The Bertz CT molecular complexity index is 2250. The molecule has 0 aliphatic carbocycles. The zero-order valence-electron chi connectivity index (χ0n) is 36.8. The molecule has 1 saturated heterocycles. The molecule has 6 aromatic rings. The molecular weight excluding hydrogens is 821 g/mol. The van der Waals surface area contributed by atoms with Crippen molar-refractivity contribution >= 4 is 0 Å². The maximum absolute atomic E-state index is 7.23. The first kappa shape index (κ1) is 45.9. The van der Waals surface area contributed by atoms with Gasteiger partial charge in [0.2, 0.25) is 0 Å². The van der Waals surface area contributed by atoms with Gasteiger partial charge in [-0.3, -0.25) is 0 Å². The third-order valence-electron chi connectivity index (χ3n) is 11.3. The topological polar surface area (TPSA) is 92.3 Å². The summed E-state index contributed by atoms with van der Waals surface area (Å²) in [6, 6.07) is 58.1. The molecule has 0 N–H and O–H groups in total. The summed E-state index contributed by atoms with van der Waals surface area (Å²) in [6.07, 6.45) is -2.03. The summed E-state index contributed by atoms with van der Waals surface area (Å²) in [5, 5.41) is 0. The molecule has 0 amide bonds. The fourth-order valence-corrected chi connectivity index (χ4v) is 7.86. The van der Waals surface area contributed by atoms with Crippen molar-refractivity contribution in [2.75, 3.05) is 20.3 Å². The predicted molar refractivity (Wildman–Crippen MR) is 246 cm³/mol. The van der Waals surface area contributed by atoms with Crippen LogP contribution < -0.4 is 4.74 Å². The van der Waals surface area contributed by atoms with Crippen LogP contribution >= 0.6 is 0 Å². The fraction of sp³-hybridized carbons (Fsp3) is 0.309. The van der Waals surface area contributed by atoms with Gasteiger partial charge in [-0.25, -0.2) is 0 Å². The maximum atomic E-state index is 7.23.